The Morgan fingerprint density at radius 1 is 1.29 bits per heavy atom. The van der Waals surface area contributed by atoms with E-state index in [9.17, 15) is 9.59 Å². The highest BCUT2D eigenvalue weighted by atomic mass is 16.2. The van der Waals surface area contributed by atoms with E-state index < -0.39 is 0 Å². The summed E-state index contributed by atoms with van der Waals surface area (Å²) < 4.78 is 1.91. The van der Waals surface area contributed by atoms with E-state index in [0.29, 0.717) is 17.3 Å². The Bertz CT molecular complexity index is 863. The molecule has 0 saturated carbocycles. The average Bonchev–Trinajstić information content (AvgIpc) is 2.91. The van der Waals surface area contributed by atoms with Crippen molar-refractivity contribution in [3.8, 4) is 0 Å². The highest BCUT2D eigenvalue weighted by molar-refractivity contribution is 6.04. The molecule has 6 nitrogen and oxygen atoms in total. The molecule has 2 heterocycles. The van der Waals surface area contributed by atoms with E-state index in [1.807, 2.05) is 30.1 Å². The van der Waals surface area contributed by atoms with Crippen LogP contribution in [0.3, 0.4) is 0 Å². The van der Waals surface area contributed by atoms with E-state index in [1.54, 1.807) is 24.3 Å². The first kappa shape index (κ1) is 13.1. The van der Waals surface area contributed by atoms with E-state index in [2.05, 4.69) is 15.5 Å². The topological polar surface area (TPSA) is 79.8 Å². The molecule has 0 aliphatic heterocycles. The molecule has 0 fully saturated rings. The number of carbonyl (C=O) groups is 1. The number of H-pyrrole nitrogens is 1. The van der Waals surface area contributed by atoms with Crippen LogP contribution in [-0.2, 0) is 13.6 Å². The number of aryl methyl sites for hydroxylation is 1. The maximum atomic E-state index is 12.2. The summed E-state index contributed by atoms with van der Waals surface area (Å²) in [5.74, 6) is -0.314. The molecule has 3 rings (SSSR count). The van der Waals surface area contributed by atoms with Crippen LogP contribution in [0.4, 0.5) is 0 Å². The van der Waals surface area contributed by atoms with Crippen LogP contribution >= 0.6 is 0 Å². The number of aromatic amines is 1. The van der Waals surface area contributed by atoms with Crippen LogP contribution in [0.25, 0.3) is 10.8 Å². The minimum absolute atomic E-state index is 0.223. The number of amides is 1. The van der Waals surface area contributed by atoms with Gasteiger partial charge in [0.1, 0.15) is 0 Å². The molecule has 0 radical (unpaired) electrons. The first-order chi connectivity index (χ1) is 10.1. The third kappa shape index (κ3) is 2.55. The molecule has 2 N–H and O–H groups in total. The first-order valence-electron chi connectivity index (χ1n) is 6.51. The zero-order valence-corrected chi connectivity index (χ0v) is 11.5. The minimum atomic E-state index is -0.314. The zero-order valence-electron chi connectivity index (χ0n) is 11.5. The normalized spacial score (nSPS) is 10.7. The highest BCUT2D eigenvalue weighted by Gasteiger charge is 2.13. The number of nitrogens with zero attached hydrogens (tertiary/aromatic N) is 2. The van der Waals surface area contributed by atoms with Crippen molar-refractivity contribution < 1.29 is 4.79 Å². The van der Waals surface area contributed by atoms with Gasteiger partial charge in [0.15, 0.2) is 5.69 Å². The lowest BCUT2D eigenvalue weighted by atomic mass is 10.1. The Balaban J connectivity index is 1.88. The average molecular weight is 282 g/mol. The van der Waals surface area contributed by atoms with Gasteiger partial charge in [-0.3, -0.25) is 9.59 Å². The Kier molecular flexibility index (Phi) is 3.27. The first-order valence-corrected chi connectivity index (χ1v) is 6.51. The van der Waals surface area contributed by atoms with Gasteiger partial charge in [0, 0.05) is 31.4 Å². The Morgan fingerprint density at radius 2 is 2.05 bits per heavy atom. The maximum absolute atomic E-state index is 12.2. The summed E-state index contributed by atoms with van der Waals surface area (Å²) in [5, 5.41) is 10.0. The number of hydrogen-bond acceptors (Lipinski definition) is 3. The number of aromatic nitrogens is 3. The molecular formula is C15H14N4O2. The maximum Gasteiger partial charge on any atom is 0.272 e. The van der Waals surface area contributed by atoms with E-state index in [0.717, 1.165) is 5.56 Å². The molecule has 0 atom stereocenters. The van der Waals surface area contributed by atoms with Crippen LogP contribution in [0.15, 0.2) is 47.5 Å². The SMILES string of the molecule is Cn1ccc(CNC(=O)c2n[nH]c(=O)c3ccccc23)c1. The number of nitrogens with one attached hydrogen (secondary N) is 2. The summed E-state index contributed by atoms with van der Waals surface area (Å²) in [6.07, 6.45) is 3.84. The van der Waals surface area contributed by atoms with E-state index in [-0.39, 0.29) is 17.2 Å². The lowest BCUT2D eigenvalue weighted by Gasteiger charge is -2.05. The number of hydrogen-bond donors (Lipinski definition) is 2. The summed E-state index contributed by atoms with van der Waals surface area (Å²) >= 11 is 0. The fraction of sp³-hybridized carbons (Fsp3) is 0.133. The number of rotatable bonds is 3. The molecule has 0 saturated heterocycles. The Morgan fingerprint density at radius 3 is 2.76 bits per heavy atom. The molecule has 0 unspecified atom stereocenters. The Labute approximate surface area is 120 Å². The van der Waals surface area contributed by atoms with Gasteiger partial charge >= 0.3 is 0 Å². The van der Waals surface area contributed by atoms with Crippen LogP contribution in [0.5, 0.6) is 0 Å². The summed E-state index contributed by atoms with van der Waals surface area (Å²) in [4.78, 5) is 23.9. The van der Waals surface area contributed by atoms with Crippen molar-refractivity contribution in [2.45, 2.75) is 6.54 Å². The fourth-order valence-corrected chi connectivity index (χ4v) is 2.22. The standard InChI is InChI=1S/C15H14N4O2/c1-19-7-6-10(9-19)8-16-15(21)13-11-4-2-3-5-12(11)14(20)18-17-13/h2-7,9H,8H2,1H3,(H,16,21)(H,18,20). The van der Waals surface area contributed by atoms with Crippen LogP contribution in [0, 0.1) is 0 Å². The number of carbonyl (C=O) groups excluding carboxylic acids is 1. The number of benzene rings is 1. The molecule has 0 bridgehead atoms. The van der Waals surface area contributed by atoms with Crippen molar-refractivity contribution in [2.24, 2.45) is 7.05 Å². The molecule has 1 aromatic carbocycles. The van der Waals surface area contributed by atoms with Gasteiger partial charge in [0.05, 0.1) is 5.39 Å². The molecule has 0 aliphatic rings. The smallest absolute Gasteiger partial charge is 0.272 e. The van der Waals surface area contributed by atoms with Crippen LogP contribution in [0.1, 0.15) is 16.1 Å². The van der Waals surface area contributed by atoms with E-state index >= 15 is 0 Å². The third-order valence-electron chi connectivity index (χ3n) is 3.26. The number of fused-ring (bicyclic) bond motifs is 1. The predicted molar refractivity (Wildman–Crippen MR) is 78.9 cm³/mol. The van der Waals surface area contributed by atoms with Crippen molar-refractivity contribution in [3.05, 3.63) is 64.3 Å². The molecule has 3 aromatic rings. The van der Waals surface area contributed by atoms with E-state index in [1.165, 1.54) is 0 Å². The van der Waals surface area contributed by atoms with Crippen molar-refractivity contribution in [1.82, 2.24) is 20.1 Å². The molecule has 6 heteroatoms. The summed E-state index contributed by atoms with van der Waals surface area (Å²) in [6, 6.07) is 8.85. The van der Waals surface area contributed by atoms with Gasteiger partial charge in [-0.15, -0.1) is 0 Å². The van der Waals surface area contributed by atoms with Crippen molar-refractivity contribution >= 4 is 16.7 Å². The van der Waals surface area contributed by atoms with Gasteiger partial charge in [-0.25, -0.2) is 5.10 Å². The van der Waals surface area contributed by atoms with Gasteiger partial charge in [-0.2, -0.15) is 5.10 Å². The van der Waals surface area contributed by atoms with E-state index in [4.69, 9.17) is 0 Å². The molecule has 106 valence electrons. The van der Waals surface area contributed by atoms with Crippen LogP contribution in [0.2, 0.25) is 0 Å². The van der Waals surface area contributed by atoms with Crippen molar-refractivity contribution in [1.29, 1.82) is 0 Å². The van der Waals surface area contributed by atoms with Gasteiger partial charge in [-0.05, 0) is 17.7 Å². The summed E-state index contributed by atoms with van der Waals surface area (Å²) in [6.45, 7) is 0.412. The monoisotopic (exact) mass is 282 g/mol. The minimum Gasteiger partial charge on any atom is -0.357 e. The molecule has 2 aromatic heterocycles. The molecule has 0 spiro atoms. The molecule has 21 heavy (non-hydrogen) atoms. The van der Waals surface area contributed by atoms with Gasteiger partial charge < -0.3 is 9.88 Å². The molecule has 0 aliphatic carbocycles. The highest BCUT2D eigenvalue weighted by Crippen LogP contribution is 2.12. The Hall–Kier alpha value is -2.89. The largest absolute Gasteiger partial charge is 0.357 e. The lowest BCUT2D eigenvalue weighted by Crippen LogP contribution is -2.26. The van der Waals surface area contributed by atoms with Gasteiger partial charge in [0.2, 0.25) is 0 Å². The second-order valence-corrected chi connectivity index (χ2v) is 4.81. The second-order valence-electron chi connectivity index (χ2n) is 4.81. The van der Waals surface area contributed by atoms with Crippen molar-refractivity contribution in [3.63, 3.8) is 0 Å². The molecular weight excluding hydrogens is 268 g/mol. The lowest BCUT2D eigenvalue weighted by molar-refractivity contribution is 0.0946. The summed E-state index contributed by atoms with van der Waals surface area (Å²) in [7, 11) is 1.92. The quantitative estimate of drug-likeness (QED) is 0.757. The predicted octanol–water partition coefficient (Wildman–Crippen LogP) is 1.19. The third-order valence-corrected chi connectivity index (χ3v) is 3.26. The van der Waals surface area contributed by atoms with Gasteiger partial charge in [0.25, 0.3) is 11.5 Å². The molecule has 1 amide bonds. The fourth-order valence-electron chi connectivity index (χ4n) is 2.22. The second kappa shape index (κ2) is 5.24. The van der Waals surface area contributed by atoms with Gasteiger partial charge in [-0.1, -0.05) is 18.2 Å². The zero-order chi connectivity index (χ0) is 14.8. The summed E-state index contributed by atoms with van der Waals surface area (Å²) in [5.41, 5.74) is 0.922. The van der Waals surface area contributed by atoms with Crippen LogP contribution in [-0.4, -0.2) is 20.7 Å². The van der Waals surface area contributed by atoms with Crippen LogP contribution < -0.4 is 10.9 Å². The van der Waals surface area contributed by atoms with Crippen molar-refractivity contribution in [2.75, 3.05) is 0 Å².